The maximum Gasteiger partial charge on any atom is 0.274 e. The average molecular weight is 375 g/mol. The number of aromatic amines is 1. The number of nitrogens with zero attached hydrogens (tertiary/aromatic N) is 3. The van der Waals surface area contributed by atoms with Crippen LogP contribution < -0.4 is 15.6 Å². The van der Waals surface area contributed by atoms with Crippen molar-refractivity contribution in [2.24, 2.45) is 0 Å². The molecule has 0 aliphatic heterocycles. The van der Waals surface area contributed by atoms with Crippen molar-refractivity contribution in [1.82, 2.24) is 19.6 Å². The first-order valence-electron chi connectivity index (χ1n) is 8.98. The third kappa shape index (κ3) is 3.46. The summed E-state index contributed by atoms with van der Waals surface area (Å²) in [5.41, 5.74) is 4.67. The quantitative estimate of drug-likeness (QED) is 0.559. The molecule has 0 saturated heterocycles. The van der Waals surface area contributed by atoms with Crippen molar-refractivity contribution in [1.29, 1.82) is 0 Å². The molecule has 2 heterocycles. The molecule has 2 aromatic heterocycles. The molecule has 7 nitrogen and oxygen atoms in total. The average Bonchev–Trinajstić information content (AvgIpc) is 3.12. The fourth-order valence-electron chi connectivity index (χ4n) is 3.09. The highest BCUT2D eigenvalue weighted by Gasteiger charge is 2.10. The molecular formula is C21H21N5O2. The van der Waals surface area contributed by atoms with Gasteiger partial charge < -0.3 is 10.1 Å². The summed E-state index contributed by atoms with van der Waals surface area (Å²) in [4.78, 5) is 21.5. The second-order valence-electron chi connectivity index (χ2n) is 6.69. The van der Waals surface area contributed by atoms with Gasteiger partial charge in [-0.2, -0.15) is 9.50 Å². The van der Waals surface area contributed by atoms with E-state index in [1.165, 1.54) is 16.1 Å². The first-order valence-corrected chi connectivity index (χ1v) is 8.98. The van der Waals surface area contributed by atoms with Gasteiger partial charge in [-0.25, -0.2) is 4.98 Å². The fraction of sp³-hybridized carbons (Fsp3) is 0.190. The Morgan fingerprint density at radius 1 is 1.07 bits per heavy atom. The SMILES string of the molecule is COc1ccc(-c2nc3nc(CNc4ccc(C)cc4C)cc(=O)n3[nH]2)cc1. The molecule has 142 valence electrons. The molecule has 4 aromatic rings. The zero-order valence-electron chi connectivity index (χ0n) is 16.0. The van der Waals surface area contributed by atoms with E-state index in [0.717, 1.165) is 22.6 Å². The van der Waals surface area contributed by atoms with Crippen LogP contribution in [0.1, 0.15) is 16.8 Å². The van der Waals surface area contributed by atoms with Gasteiger partial charge in [0.05, 0.1) is 19.3 Å². The number of rotatable bonds is 5. The molecule has 4 rings (SSSR count). The fourth-order valence-corrected chi connectivity index (χ4v) is 3.09. The Morgan fingerprint density at radius 3 is 2.57 bits per heavy atom. The lowest BCUT2D eigenvalue weighted by atomic mass is 10.1. The molecule has 0 unspecified atom stereocenters. The minimum Gasteiger partial charge on any atom is -0.497 e. The highest BCUT2D eigenvalue weighted by Crippen LogP contribution is 2.20. The van der Waals surface area contributed by atoms with Gasteiger partial charge in [-0.1, -0.05) is 17.7 Å². The topological polar surface area (TPSA) is 84.3 Å². The summed E-state index contributed by atoms with van der Waals surface area (Å²) in [6, 6.07) is 15.2. The molecule has 7 heteroatoms. The summed E-state index contributed by atoms with van der Waals surface area (Å²) in [6.45, 7) is 4.56. The minimum atomic E-state index is -0.199. The van der Waals surface area contributed by atoms with Crippen LogP contribution in [0.5, 0.6) is 5.75 Å². The van der Waals surface area contributed by atoms with Gasteiger partial charge in [0.15, 0.2) is 5.82 Å². The molecule has 0 aliphatic rings. The summed E-state index contributed by atoms with van der Waals surface area (Å²) >= 11 is 0. The summed E-state index contributed by atoms with van der Waals surface area (Å²) < 4.78 is 6.52. The van der Waals surface area contributed by atoms with Crippen LogP contribution in [0.25, 0.3) is 17.2 Å². The lowest BCUT2D eigenvalue weighted by molar-refractivity contribution is 0.415. The van der Waals surface area contributed by atoms with Gasteiger partial charge in [-0.05, 0) is 49.7 Å². The second kappa shape index (κ2) is 7.19. The lowest BCUT2D eigenvalue weighted by Crippen LogP contribution is -2.17. The van der Waals surface area contributed by atoms with E-state index in [1.54, 1.807) is 7.11 Å². The van der Waals surface area contributed by atoms with Crippen LogP contribution in [0, 0.1) is 13.8 Å². The predicted octanol–water partition coefficient (Wildman–Crippen LogP) is 3.32. The molecule has 0 atom stereocenters. The van der Waals surface area contributed by atoms with Crippen LogP contribution >= 0.6 is 0 Å². The highest BCUT2D eigenvalue weighted by molar-refractivity contribution is 5.58. The number of fused-ring (bicyclic) bond motifs is 1. The number of aryl methyl sites for hydroxylation is 2. The summed E-state index contributed by atoms with van der Waals surface area (Å²) in [6.07, 6.45) is 0. The van der Waals surface area contributed by atoms with Crippen LogP contribution in [-0.2, 0) is 6.54 Å². The van der Waals surface area contributed by atoms with Crippen molar-refractivity contribution in [2.45, 2.75) is 20.4 Å². The van der Waals surface area contributed by atoms with Crippen LogP contribution in [0.3, 0.4) is 0 Å². The van der Waals surface area contributed by atoms with Gasteiger partial charge >= 0.3 is 0 Å². The molecule has 2 N–H and O–H groups in total. The molecular weight excluding hydrogens is 354 g/mol. The van der Waals surface area contributed by atoms with Crippen molar-refractivity contribution in [3.05, 3.63) is 75.7 Å². The molecule has 0 radical (unpaired) electrons. The van der Waals surface area contributed by atoms with E-state index in [0.29, 0.717) is 23.8 Å². The van der Waals surface area contributed by atoms with Gasteiger partial charge in [-0.15, -0.1) is 0 Å². The number of H-pyrrole nitrogens is 1. The lowest BCUT2D eigenvalue weighted by Gasteiger charge is -2.09. The minimum absolute atomic E-state index is 0.199. The Morgan fingerprint density at radius 2 is 1.86 bits per heavy atom. The Balaban J connectivity index is 1.61. The van der Waals surface area contributed by atoms with Crippen molar-refractivity contribution in [3.63, 3.8) is 0 Å². The number of ether oxygens (including phenoxy) is 1. The van der Waals surface area contributed by atoms with Crippen molar-refractivity contribution >= 4 is 11.5 Å². The molecule has 0 amide bonds. The number of hydrogen-bond acceptors (Lipinski definition) is 5. The molecule has 0 saturated carbocycles. The monoisotopic (exact) mass is 375 g/mol. The maximum absolute atomic E-state index is 12.5. The third-order valence-corrected chi connectivity index (χ3v) is 4.59. The molecule has 0 fully saturated rings. The van der Waals surface area contributed by atoms with Crippen LogP contribution in [0.4, 0.5) is 5.69 Å². The van der Waals surface area contributed by atoms with Gasteiger partial charge in [0.1, 0.15) is 5.75 Å². The molecule has 0 aliphatic carbocycles. The van der Waals surface area contributed by atoms with Gasteiger partial charge in [-0.3, -0.25) is 9.89 Å². The van der Waals surface area contributed by atoms with Crippen LogP contribution in [-0.4, -0.2) is 26.7 Å². The number of nitrogens with one attached hydrogen (secondary N) is 2. The van der Waals surface area contributed by atoms with E-state index < -0.39 is 0 Å². The molecule has 0 spiro atoms. The van der Waals surface area contributed by atoms with Gasteiger partial charge in [0.25, 0.3) is 11.3 Å². The largest absolute Gasteiger partial charge is 0.497 e. The van der Waals surface area contributed by atoms with E-state index >= 15 is 0 Å². The van der Waals surface area contributed by atoms with Gasteiger partial charge in [0, 0.05) is 17.3 Å². The zero-order valence-corrected chi connectivity index (χ0v) is 16.0. The second-order valence-corrected chi connectivity index (χ2v) is 6.69. The van der Waals surface area contributed by atoms with Crippen LogP contribution in [0.15, 0.2) is 53.3 Å². The standard InChI is InChI=1S/C21H21N5O2/c1-13-4-9-18(14(2)10-13)22-12-16-11-19(27)26-21(23-16)24-20(25-26)15-5-7-17(28-3)8-6-15/h4-11,22H,12H2,1-3H3,(H,23,24,25). The number of methoxy groups -OCH3 is 1. The van der Waals surface area contributed by atoms with Crippen molar-refractivity contribution < 1.29 is 4.74 Å². The van der Waals surface area contributed by atoms with E-state index in [-0.39, 0.29) is 5.56 Å². The summed E-state index contributed by atoms with van der Waals surface area (Å²) in [7, 11) is 1.62. The third-order valence-electron chi connectivity index (χ3n) is 4.59. The normalized spacial score (nSPS) is 11.0. The first-order chi connectivity index (χ1) is 13.5. The Kier molecular flexibility index (Phi) is 4.57. The Labute approximate surface area is 162 Å². The van der Waals surface area contributed by atoms with E-state index in [9.17, 15) is 4.79 Å². The summed E-state index contributed by atoms with van der Waals surface area (Å²) in [5.74, 6) is 1.68. The molecule has 28 heavy (non-hydrogen) atoms. The molecule has 0 bridgehead atoms. The van der Waals surface area contributed by atoms with Gasteiger partial charge in [0.2, 0.25) is 0 Å². The Bertz CT molecular complexity index is 1190. The number of aromatic nitrogens is 4. The van der Waals surface area contributed by atoms with E-state index in [2.05, 4.69) is 46.4 Å². The van der Waals surface area contributed by atoms with E-state index in [1.807, 2.05) is 30.3 Å². The van der Waals surface area contributed by atoms with Crippen LogP contribution in [0.2, 0.25) is 0 Å². The number of benzene rings is 2. The zero-order chi connectivity index (χ0) is 19.7. The van der Waals surface area contributed by atoms with E-state index in [4.69, 9.17) is 4.74 Å². The number of hydrogen-bond donors (Lipinski definition) is 2. The maximum atomic E-state index is 12.5. The highest BCUT2D eigenvalue weighted by atomic mass is 16.5. The summed E-state index contributed by atoms with van der Waals surface area (Å²) in [5, 5.41) is 6.34. The first kappa shape index (κ1) is 17.8. The smallest absolute Gasteiger partial charge is 0.274 e. The van der Waals surface area contributed by atoms with Crippen molar-refractivity contribution in [2.75, 3.05) is 12.4 Å². The molecule has 2 aromatic carbocycles. The predicted molar refractivity (Wildman–Crippen MR) is 109 cm³/mol. The number of anilines is 1. The Hall–Kier alpha value is -3.61. The van der Waals surface area contributed by atoms with Crippen molar-refractivity contribution in [3.8, 4) is 17.1 Å².